The van der Waals surface area contributed by atoms with Crippen LogP contribution in [0.15, 0.2) is 47.8 Å². The van der Waals surface area contributed by atoms with Crippen molar-refractivity contribution < 1.29 is 29.1 Å². The molecule has 1 aromatic carbocycles. The lowest BCUT2D eigenvalue weighted by Crippen LogP contribution is -2.27. The monoisotopic (exact) mass is 380 g/mol. The van der Waals surface area contributed by atoms with E-state index in [1.165, 1.54) is 24.4 Å². The number of benzene rings is 1. The fourth-order valence-corrected chi connectivity index (χ4v) is 2.45. The van der Waals surface area contributed by atoms with E-state index in [4.69, 9.17) is 16.3 Å². The molecule has 2 rings (SSSR count). The molecular formula is C16H13ClN2O7. The highest BCUT2D eigenvalue weighted by atomic mass is 35.5. The number of hydrogen-bond acceptors (Lipinski definition) is 8. The molecule has 26 heavy (non-hydrogen) atoms. The standard InChI is InChI=1S/C16H13ClN2O7/c1-25-15(21)9-5-3-4-6-18(14(9)16(22)26-2)12-7-10(17)11(19(23)24)8-13(12)20/h3-8,20H,1-2H3. The van der Waals surface area contributed by atoms with E-state index >= 15 is 0 Å². The van der Waals surface area contributed by atoms with E-state index in [1.54, 1.807) is 0 Å². The Hall–Kier alpha value is -3.33. The lowest BCUT2D eigenvalue weighted by Gasteiger charge is -2.23. The van der Waals surface area contributed by atoms with Crippen LogP contribution in [0.25, 0.3) is 0 Å². The third-order valence-corrected chi connectivity index (χ3v) is 3.69. The van der Waals surface area contributed by atoms with Gasteiger partial charge in [0.25, 0.3) is 5.69 Å². The molecule has 0 spiro atoms. The molecule has 0 amide bonds. The Morgan fingerprint density at radius 1 is 1.19 bits per heavy atom. The fraction of sp³-hybridized carbons (Fsp3) is 0.125. The minimum atomic E-state index is -0.893. The third kappa shape index (κ3) is 3.52. The van der Waals surface area contributed by atoms with Crippen molar-refractivity contribution in [3.05, 3.63) is 63.0 Å². The van der Waals surface area contributed by atoms with Crippen LogP contribution in [-0.4, -0.2) is 36.2 Å². The van der Waals surface area contributed by atoms with E-state index in [9.17, 15) is 24.8 Å². The van der Waals surface area contributed by atoms with Gasteiger partial charge in [0.05, 0.1) is 36.5 Å². The van der Waals surface area contributed by atoms with Gasteiger partial charge in [-0.3, -0.25) is 10.1 Å². The Bertz CT molecular complexity index is 874. The molecule has 0 unspecified atom stereocenters. The summed E-state index contributed by atoms with van der Waals surface area (Å²) >= 11 is 5.90. The number of anilines is 1. The summed E-state index contributed by atoms with van der Waals surface area (Å²) in [6.45, 7) is 0. The number of nitro groups is 1. The molecule has 0 fully saturated rings. The summed E-state index contributed by atoms with van der Waals surface area (Å²) in [5, 5.41) is 20.9. The van der Waals surface area contributed by atoms with Gasteiger partial charge in [0.1, 0.15) is 16.5 Å². The maximum Gasteiger partial charge on any atom is 0.355 e. The number of hydrogen-bond donors (Lipinski definition) is 1. The second-order valence-corrected chi connectivity index (χ2v) is 5.27. The van der Waals surface area contributed by atoms with Crippen LogP contribution in [0.1, 0.15) is 0 Å². The van der Waals surface area contributed by atoms with Crippen LogP contribution in [0.3, 0.4) is 0 Å². The average Bonchev–Trinajstić information content (AvgIpc) is 2.84. The number of phenolic OH excluding ortho intramolecular Hbond substituents is 1. The predicted octanol–water partition coefficient (Wildman–Crippen LogP) is 2.44. The first-order chi connectivity index (χ1) is 12.3. The largest absolute Gasteiger partial charge is 0.505 e. The van der Waals surface area contributed by atoms with Crippen LogP contribution < -0.4 is 4.90 Å². The molecule has 0 radical (unpaired) electrons. The Kier molecular flexibility index (Phi) is 5.63. The average molecular weight is 381 g/mol. The second-order valence-electron chi connectivity index (χ2n) is 4.87. The number of carbonyl (C=O) groups is 2. The number of halogens is 1. The summed E-state index contributed by atoms with van der Waals surface area (Å²) in [7, 11) is 2.25. The van der Waals surface area contributed by atoms with Crippen LogP contribution in [0.4, 0.5) is 11.4 Å². The van der Waals surface area contributed by atoms with E-state index in [1.807, 2.05) is 0 Å². The maximum atomic E-state index is 12.3. The van der Waals surface area contributed by atoms with Crippen LogP contribution in [0, 0.1) is 10.1 Å². The van der Waals surface area contributed by atoms with Gasteiger partial charge in [0.2, 0.25) is 0 Å². The molecule has 0 atom stereocenters. The highest BCUT2D eigenvalue weighted by Crippen LogP contribution is 2.39. The molecule has 0 saturated carbocycles. The summed E-state index contributed by atoms with van der Waals surface area (Å²) in [4.78, 5) is 35.6. The van der Waals surface area contributed by atoms with Crippen molar-refractivity contribution in [1.82, 2.24) is 0 Å². The van der Waals surface area contributed by atoms with E-state index in [0.717, 1.165) is 31.3 Å². The van der Waals surface area contributed by atoms with Gasteiger partial charge in [-0.05, 0) is 18.2 Å². The zero-order valence-electron chi connectivity index (χ0n) is 13.6. The molecular weight excluding hydrogens is 368 g/mol. The van der Waals surface area contributed by atoms with Crippen molar-refractivity contribution in [2.24, 2.45) is 0 Å². The first kappa shape index (κ1) is 19.0. The summed E-state index contributed by atoms with van der Waals surface area (Å²) in [5.41, 5.74) is -0.980. The van der Waals surface area contributed by atoms with Crippen LogP contribution >= 0.6 is 11.6 Å². The Balaban J connectivity index is 2.73. The summed E-state index contributed by atoms with van der Waals surface area (Å²) < 4.78 is 9.39. The SMILES string of the molecule is COC(=O)C1=C(C(=O)OC)N(c2cc(Cl)c([N+](=O)[O-])cc2O)C=CC=C1. The number of aromatic hydroxyl groups is 1. The number of nitro benzene ring substituents is 1. The maximum absolute atomic E-state index is 12.3. The van der Waals surface area contributed by atoms with Gasteiger partial charge in [-0.1, -0.05) is 17.7 Å². The number of carbonyl (C=O) groups excluding carboxylic acids is 2. The molecule has 10 heteroatoms. The number of methoxy groups -OCH3 is 2. The topological polar surface area (TPSA) is 119 Å². The number of ether oxygens (including phenoxy) is 2. The number of esters is 2. The lowest BCUT2D eigenvalue weighted by atomic mass is 10.1. The van der Waals surface area contributed by atoms with Gasteiger partial charge in [-0.25, -0.2) is 9.59 Å². The van der Waals surface area contributed by atoms with Gasteiger partial charge in [0, 0.05) is 6.20 Å². The quantitative estimate of drug-likeness (QED) is 0.480. The van der Waals surface area contributed by atoms with E-state index in [0.29, 0.717) is 0 Å². The van der Waals surface area contributed by atoms with E-state index in [2.05, 4.69) is 4.74 Å². The summed E-state index contributed by atoms with van der Waals surface area (Å²) in [6, 6.07) is 1.94. The fourth-order valence-electron chi connectivity index (χ4n) is 2.22. The van der Waals surface area contributed by atoms with Crippen molar-refractivity contribution in [1.29, 1.82) is 0 Å². The Morgan fingerprint density at radius 3 is 2.42 bits per heavy atom. The van der Waals surface area contributed by atoms with Crippen molar-refractivity contribution in [3.63, 3.8) is 0 Å². The third-order valence-electron chi connectivity index (χ3n) is 3.39. The molecule has 0 bridgehead atoms. The Morgan fingerprint density at radius 2 is 1.85 bits per heavy atom. The molecule has 136 valence electrons. The van der Waals surface area contributed by atoms with Gasteiger partial charge in [-0.15, -0.1) is 0 Å². The predicted molar refractivity (Wildman–Crippen MR) is 91.6 cm³/mol. The van der Waals surface area contributed by atoms with Gasteiger partial charge in [-0.2, -0.15) is 0 Å². The Labute approximate surface area is 152 Å². The molecule has 1 aromatic rings. The van der Waals surface area contributed by atoms with Crippen molar-refractivity contribution in [3.8, 4) is 5.75 Å². The van der Waals surface area contributed by atoms with Gasteiger partial charge >= 0.3 is 11.9 Å². The van der Waals surface area contributed by atoms with Crippen molar-refractivity contribution >= 4 is 34.9 Å². The highest BCUT2D eigenvalue weighted by molar-refractivity contribution is 6.33. The number of nitrogens with zero attached hydrogens (tertiary/aromatic N) is 2. The first-order valence-electron chi connectivity index (χ1n) is 7.03. The van der Waals surface area contributed by atoms with Crippen LogP contribution in [0.2, 0.25) is 5.02 Å². The number of rotatable bonds is 4. The molecule has 1 N–H and O–H groups in total. The van der Waals surface area contributed by atoms with Crippen molar-refractivity contribution in [2.75, 3.05) is 19.1 Å². The zero-order chi connectivity index (χ0) is 19.4. The molecule has 1 aliphatic heterocycles. The van der Waals surface area contributed by atoms with Crippen LogP contribution in [0.5, 0.6) is 5.75 Å². The summed E-state index contributed by atoms with van der Waals surface area (Å²) in [6.07, 6.45) is 5.64. The summed E-state index contributed by atoms with van der Waals surface area (Å²) in [5.74, 6) is -2.24. The first-order valence-corrected chi connectivity index (χ1v) is 7.41. The molecule has 9 nitrogen and oxygen atoms in total. The molecule has 0 aliphatic carbocycles. The molecule has 1 heterocycles. The smallest absolute Gasteiger partial charge is 0.355 e. The lowest BCUT2D eigenvalue weighted by molar-refractivity contribution is -0.384. The van der Waals surface area contributed by atoms with Crippen LogP contribution in [-0.2, 0) is 19.1 Å². The molecule has 0 aromatic heterocycles. The minimum absolute atomic E-state index is 0.0673. The van der Waals surface area contributed by atoms with Crippen molar-refractivity contribution in [2.45, 2.75) is 0 Å². The van der Waals surface area contributed by atoms with Gasteiger partial charge < -0.3 is 19.5 Å². The van der Waals surface area contributed by atoms with E-state index in [-0.39, 0.29) is 22.0 Å². The van der Waals surface area contributed by atoms with Gasteiger partial charge in [0.15, 0.2) is 0 Å². The second kappa shape index (κ2) is 7.70. The highest BCUT2D eigenvalue weighted by Gasteiger charge is 2.30. The number of allylic oxidation sites excluding steroid dienone is 2. The number of phenols is 1. The molecule has 0 saturated heterocycles. The molecule has 1 aliphatic rings. The normalized spacial score (nSPS) is 13.4. The van der Waals surface area contributed by atoms with E-state index < -0.39 is 28.3 Å². The zero-order valence-corrected chi connectivity index (χ0v) is 14.4. The minimum Gasteiger partial charge on any atom is -0.505 e.